The van der Waals surface area contributed by atoms with Crippen LogP contribution < -0.4 is 0 Å². The number of hydrogen-bond donors (Lipinski definition) is 0. The highest BCUT2D eigenvalue weighted by atomic mass is 16.2. The van der Waals surface area contributed by atoms with Gasteiger partial charge in [0.15, 0.2) is 0 Å². The topological polar surface area (TPSA) is 23.6 Å². The standard InChI is InChI=1S/C12H26N2O/c1-6-7-12(15)14(10-11(2)3)9-8-13(4)5/h11H,6-10H2,1-5H3. The minimum atomic E-state index is 0.299. The second-order valence-corrected chi connectivity index (χ2v) is 4.79. The summed E-state index contributed by atoms with van der Waals surface area (Å²) in [5.41, 5.74) is 0. The first-order valence-electron chi connectivity index (χ1n) is 5.89. The lowest BCUT2D eigenvalue weighted by atomic mass is 10.2. The maximum atomic E-state index is 11.8. The summed E-state index contributed by atoms with van der Waals surface area (Å²) in [7, 11) is 4.08. The van der Waals surface area contributed by atoms with Crippen molar-refractivity contribution in [2.45, 2.75) is 33.6 Å². The van der Waals surface area contributed by atoms with Gasteiger partial charge in [-0.25, -0.2) is 0 Å². The summed E-state index contributed by atoms with van der Waals surface area (Å²) in [6.45, 7) is 9.04. The van der Waals surface area contributed by atoms with Crippen LogP contribution in [0.2, 0.25) is 0 Å². The summed E-state index contributed by atoms with van der Waals surface area (Å²) in [6, 6.07) is 0. The average Bonchev–Trinajstić information content (AvgIpc) is 2.11. The van der Waals surface area contributed by atoms with Crippen LogP contribution in [0.5, 0.6) is 0 Å². The van der Waals surface area contributed by atoms with Crippen molar-refractivity contribution in [3.8, 4) is 0 Å². The van der Waals surface area contributed by atoms with Crippen LogP contribution in [0.3, 0.4) is 0 Å². The minimum absolute atomic E-state index is 0.299. The third kappa shape index (κ3) is 7.37. The molecule has 0 heterocycles. The SMILES string of the molecule is CCCC(=O)N(CCN(C)C)CC(C)C. The smallest absolute Gasteiger partial charge is 0.222 e. The van der Waals surface area contributed by atoms with Crippen LogP contribution in [-0.2, 0) is 4.79 Å². The van der Waals surface area contributed by atoms with E-state index in [0.29, 0.717) is 18.2 Å². The predicted octanol–water partition coefficient (Wildman–Crippen LogP) is 1.83. The van der Waals surface area contributed by atoms with Crippen molar-refractivity contribution in [3.05, 3.63) is 0 Å². The molecule has 0 saturated carbocycles. The van der Waals surface area contributed by atoms with E-state index in [1.54, 1.807) is 0 Å². The molecule has 0 aliphatic heterocycles. The number of carbonyl (C=O) groups excluding carboxylic acids is 1. The van der Waals surface area contributed by atoms with Crippen molar-refractivity contribution in [2.75, 3.05) is 33.7 Å². The van der Waals surface area contributed by atoms with Crippen LogP contribution in [0, 0.1) is 5.92 Å². The van der Waals surface area contributed by atoms with E-state index in [9.17, 15) is 4.79 Å². The van der Waals surface area contributed by atoms with Crippen molar-refractivity contribution >= 4 is 5.91 Å². The summed E-state index contributed by atoms with van der Waals surface area (Å²) >= 11 is 0. The zero-order valence-corrected chi connectivity index (χ0v) is 10.9. The van der Waals surface area contributed by atoms with Gasteiger partial charge >= 0.3 is 0 Å². The minimum Gasteiger partial charge on any atom is -0.341 e. The molecule has 0 fully saturated rings. The summed E-state index contributed by atoms with van der Waals surface area (Å²) in [5.74, 6) is 0.848. The second kappa shape index (κ2) is 7.69. The molecule has 0 bridgehead atoms. The van der Waals surface area contributed by atoms with Gasteiger partial charge in [-0.15, -0.1) is 0 Å². The van der Waals surface area contributed by atoms with Gasteiger partial charge in [0.25, 0.3) is 0 Å². The zero-order chi connectivity index (χ0) is 11.8. The van der Waals surface area contributed by atoms with E-state index in [1.165, 1.54) is 0 Å². The van der Waals surface area contributed by atoms with Crippen molar-refractivity contribution in [1.29, 1.82) is 0 Å². The molecular formula is C12H26N2O. The molecule has 15 heavy (non-hydrogen) atoms. The van der Waals surface area contributed by atoms with Gasteiger partial charge < -0.3 is 9.80 Å². The fourth-order valence-corrected chi connectivity index (χ4v) is 1.45. The number of nitrogens with zero attached hydrogens (tertiary/aromatic N) is 2. The third-order valence-electron chi connectivity index (χ3n) is 2.22. The highest BCUT2D eigenvalue weighted by Gasteiger charge is 2.13. The normalized spacial score (nSPS) is 11.1. The average molecular weight is 214 g/mol. The third-order valence-corrected chi connectivity index (χ3v) is 2.22. The molecule has 90 valence electrons. The maximum absolute atomic E-state index is 11.8. The Bertz CT molecular complexity index is 178. The molecule has 3 heteroatoms. The molecule has 0 aromatic carbocycles. The van der Waals surface area contributed by atoms with E-state index < -0.39 is 0 Å². The molecule has 0 saturated heterocycles. The Morgan fingerprint density at radius 1 is 1.20 bits per heavy atom. The van der Waals surface area contributed by atoms with Gasteiger partial charge in [0, 0.05) is 26.1 Å². The molecule has 0 spiro atoms. The van der Waals surface area contributed by atoms with Gasteiger partial charge in [-0.1, -0.05) is 20.8 Å². The highest BCUT2D eigenvalue weighted by Crippen LogP contribution is 2.03. The summed E-state index contributed by atoms with van der Waals surface area (Å²) in [6.07, 6.45) is 1.62. The molecule has 0 rings (SSSR count). The Morgan fingerprint density at radius 3 is 2.20 bits per heavy atom. The van der Waals surface area contributed by atoms with Gasteiger partial charge in [-0.2, -0.15) is 0 Å². The summed E-state index contributed by atoms with van der Waals surface area (Å²) in [5, 5.41) is 0. The van der Waals surface area contributed by atoms with Crippen molar-refractivity contribution in [1.82, 2.24) is 9.80 Å². The maximum Gasteiger partial charge on any atom is 0.222 e. The summed E-state index contributed by atoms with van der Waals surface area (Å²) in [4.78, 5) is 15.9. The van der Waals surface area contributed by atoms with Crippen LogP contribution in [0.15, 0.2) is 0 Å². The number of rotatable bonds is 7. The Labute approximate surface area is 94.4 Å². The van der Waals surface area contributed by atoms with Gasteiger partial charge in [-0.05, 0) is 26.4 Å². The molecule has 0 unspecified atom stereocenters. The fourth-order valence-electron chi connectivity index (χ4n) is 1.45. The number of amides is 1. The fraction of sp³-hybridized carbons (Fsp3) is 0.917. The monoisotopic (exact) mass is 214 g/mol. The predicted molar refractivity (Wildman–Crippen MR) is 64.9 cm³/mol. The van der Waals surface area contributed by atoms with Crippen molar-refractivity contribution < 1.29 is 4.79 Å². The van der Waals surface area contributed by atoms with E-state index in [2.05, 4.69) is 25.7 Å². The molecule has 0 atom stereocenters. The largest absolute Gasteiger partial charge is 0.341 e. The Balaban J connectivity index is 4.11. The number of hydrogen-bond acceptors (Lipinski definition) is 2. The lowest BCUT2D eigenvalue weighted by molar-refractivity contribution is -0.131. The molecule has 0 aliphatic rings. The van der Waals surface area contributed by atoms with Crippen LogP contribution in [-0.4, -0.2) is 49.4 Å². The molecule has 0 aromatic rings. The van der Waals surface area contributed by atoms with Crippen LogP contribution >= 0.6 is 0 Å². The second-order valence-electron chi connectivity index (χ2n) is 4.79. The van der Waals surface area contributed by atoms with E-state index >= 15 is 0 Å². The van der Waals surface area contributed by atoms with Crippen LogP contribution in [0.1, 0.15) is 33.6 Å². The first kappa shape index (κ1) is 14.4. The van der Waals surface area contributed by atoms with E-state index in [4.69, 9.17) is 0 Å². The molecule has 0 aliphatic carbocycles. The van der Waals surface area contributed by atoms with Crippen LogP contribution in [0.4, 0.5) is 0 Å². The lowest BCUT2D eigenvalue weighted by Gasteiger charge is -2.26. The van der Waals surface area contributed by atoms with Gasteiger partial charge in [0.05, 0.1) is 0 Å². The molecule has 0 N–H and O–H groups in total. The molecule has 1 amide bonds. The van der Waals surface area contributed by atoms with Crippen LogP contribution in [0.25, 0.3) is 0 Å². The number of likely N-dealkylation sites (N-methyl/N-ethyl adjacent to an activating group) is 1. The Kier molecular flexibility index (Phi) is 7.39. The molecule has 0 aromatic heterocycles. The summed E-state index contributed by atoms with van der Waals surface area (Å²) < 4.78 is 0. The molecule has 0 radical (unpaired) electrons. The molecule has 3 nitrogen and oxygen atoms in total. The van der Waals surface area contributed by atoms with E-state index in [1.807, 2.05) is 19.0 Å². The van der Waals surface area contributed by atoms with Gasteiger partial charge in [0.1, 0.15) is 0 Å². The van der Waals surface area contributed by atoms with Gasteiger partial charge in [0.2, 0.25) is 5.91 Å². The van der Waals surface area contributed by atoms with E-state index in [-0.39, 0.29) is 0 Å². The van der Waals surface area contributed by atoms with E-state index in [0.717, 1.165) is 26.1 Å². The lowest BCUT2D eigenvalue weighted by Crippen LogP contribution is -2.38. The number of carbonyl (C=O) groups is 1. The highest BCUT2D eigenvalue weighted by molar-refractivity contribution is 5.76. The van der Waals surface area contributed by atoms with Crippen molar-refractivity contribution in [3.63, 3.8) is 0 Å². The first-order chi connectivity index (χ1) is 6.97. The van der Waals surface area contributed by atoms with Gasteiger partial charge in [-0.3, -0.25) is 4.79 Å². The first-order valence-corrected chi connectivity index (χ1v) is 5.89. The quantitative estimate of drug-likeness (QED) is 0.645. The van der Waals surface area contributed by atoms with Crippen molar-refractivity contribution in [2.24, 2.45) is 5.92 Å². The zero-order valence-electron chi connectivity index (χ0n) is 10.9. The Morgan fingerprint density at radius 2 is 1.80 bits per heavy atom. The Hall–Kier alpha value is -0.570. The molecular weight excluding hydrogens is 188 g/mol.